The number of nitrogens with two attached hydrogens (primary N) is 1. The molecule has 0 aromatic heterocycles. The van der Waals surface area contributed by atoms with Crippen molar-refractivity contribution >= 4 is 23.4 Å². The molecule has 1 fully saturated rings. The van der Waals surface area contributed by atoms with Crippen molar-refractivity contribution in [3.63, 3.8) is 0 Å². The van der Waals surface area contributed by atoms with Crippen molar-refractivity contribution in [2.24, 2.45) is 0 Å². The molecule has 1 heterocycles. The average Bonchev–Trinajstić information content (AvgIpc) is 2.40. The number of nitrogens with one attached hydrogen (secondary N) is 1. The molecule has 4 nitrogen and oxygen atoms in total. The molecule has 1 aromatic carbocycles. The monoisotopic (exact) mass is 266 g/mol. The molecule has 0 radical (unpaired) electrons. The van der Waals surface area contributed by atoms with Gasteiger partial charge >= 0.3 is 0 Å². The number of nitrogen functional groups attached to an aromatic ring is 1. The van der Waals surface area contributed by atoms with E-state index in [4.69, 9.17) is 10.5 Å². The molecule has 1 aromatic rings. The average molecular weight is 266 g/mol. The van der Waals surface area contributed by atoms with E-state index in [9.17, 15) is 4.79 Å². The zero-order valence-corrected chi connectivity index (χ0v) is 11.3. The van der Waals surface area contributed by atoms with Crippen LogP contribution in [0, 0.1) is 0 Å². The second-order valence-corrected chi connectivity index (χ2v) is 5.54. The van der Waals surface area contributed by atoms with Gasteiger partial charge in [-0.2, -0.15) is 11.8 Å². The van der Waals surface area contributed by atoms with Crippen LogP contribution in [0.15, 0.2) is 18.2 Å². The lowest BCUT2D eigenvalue weighted by Gasteiger charge is -2.23. The van der Waals surface area contributed by atoms with E-state index in [0.717, 1.165) is 24.3 Å². The Kier molecular flexibility index (Phi) is 4.36. The number of amides is 1. The number of hydrogen-bond acceptors (Lipinski definition) is 4. The zero-order valence-electron chi connectivity index (χ0n) is 10.4. The predicted octanol–water partition coefficient (Wildman–Crippen LogP) is 1.90. The Hall–Kier alpha value is -1.36. The molecule has 98 valence electrons. The largest absolute Gasteiger partial charge is 0.496 e. The summed E-state index contributed by atoms with van der Waals surface area (Å²) in [6.07, 6.45) is 2.06. The summed E-state index contributed by atoms with van der Waals surface area (Å²) in [6, 6.07) is 5.38. The van der Waals surface area contributed by atoms with Gasteiger partial charge in [0.2, 0.25) is 0 Å². The van der Waals surface area contributed by atoms with Gasteiger partial charge in [-0.15, -0.1) is 0 Å². The van der Waals surface area contributed by atoms with Crippen molar-refractivity contribution < 1.29 is 9.53 Å². The lowest BCUT2D eigenvalue weighted by Crippen LogP contribution is -2.37. The lowest BCUT2D eigenvalue weighted by atomic mass is 10.1. The smallest absolute Gasteiger partial charge is 0.255 e. The van der Waals surface area contributed by atoms with Crippen LogP contribution in [-0.4, -0.2) is 30.6 Å². The van der Waals surface area contributed by atoms with Crippen LogP contribution in [0.1, 0.15) is 23.2 Å². The van der Waals surface area contributed by atoms with Gasteiger partial charge in [0.1, 0.15) is 5.75 Å². The van der Waals surface area contributed by atoms with Crippen LogP contribution in [0.25, 0.3) is 0 Å². The maximum absolute atomic E-state index is 12.2. The molecule has 0 atom stereocenters. The van der Waals surface area contributed by atoms with Gasteiger partial charge in [-0.05, 0) is 42.5 Å². The standard InChI is InChI=1S/C13H18N2O2S/c1-17-12-3-2-9(14)8-11(12)13(16)15-10-4-6-18-7-5-10/h2-3,8,10H,4-7,14H2,1H3,(H,15,16). The summed E-state index contributed by atoms with van der Waals surface area (Å²) in [5, 5.41) is 3.05. The third kappa shape index (κ3) is 3.10. The second kappa shape index (κ2) is 6.00. The van der Waals surface area contributed by atoms with Gasteiger partial charge < -0.3 is 15.8 Å². The molecular weight excluding hydrogens is 248 g/mol. The fourth-order valence-electron chi connectivity index (χ4n) is 2.01. The van der Waals surface area contributed by atoms with Gasteiger partial charge in [0, 0.05) is 11.7 Å². The first-order valence-corrected chi connectivity index (χ1v) is 7.18. The number of rotatable bonds is 3. The van der Waals surface area contributed by atoms with Crippen molar-refractivity contribution in [2.75, 3.05) is 24.3 Å². The molecule has 0 aliphatic carbocycles. The quantitative estimate of drug-likeness (QED) is 0.820. The Morgan fingerprint density at radius 2 is 2.17 bits per heavy atom. The van der Waals surface area contributed by atoms with E-state index >= 15 is 0 Å². The fraction of sp³-hybridized carbons (Fsp3) is 0.462. The minimum atomic E-state index is -0.101. The summed E-state index contributed by atoms with van der Waals surface area (Å²) in [6.45, 7) is 0. The van der Waals surface area contributed by atoms with E-state index < -0.39 is 0 Å². The topological polar surface area (TPSA) is 64.3 Å². The van der Waals surface area contributed by atoms with Gasteiger partial charge in [0.05, 0.1) is 12.7 Å². The highest BCUT2D eigenvalue weighted by Gasteiger charge is 2.19. The summed E-state index contributed by atoms with van der Waals surface area (Å²) >= 11 is 1.94. The van der Waals surface area contributed by atoms with Crippen LogP contribution in [0.5, 0.6) is 5.75 Å². The minimum absolute atomic E-state index is 0.101. The van der Waals surface area contributed by atoms with Crippen molar-refractivity contribution in [1.29, 1.82) is 0 Å². The highest BCUT2D eigenvalue weighted by molar-refractivity contribution is 7.99. The maximum atomic E-state index is 12.2. The molecule has 1 amide bonds. The van der Waals surface area contributed by atoms with Crippen LogP contribution >= 0.6 is 11.8 Å². The number of ether oxygens (including phenoxy) is 1. The Morgan fingerprint density at radius 3 is 2.83 bits per heavy atom. The first-order chi connectivity index (χ1) is 8.70. The Balaban J connectivity index is 2.09. The molecule has 3 N–H and O–H groups in total. The molecule has 1 aliphatic rings. The van der Waals surface area contributed by atoms with Gasteiger partial charge in [0.25, 0.3) is 5.91 Å². The number of methoxy groups -OCH3 is 1. The van der Waals surface area contributed by atoms with Crippen LogP contribution < -0.4 is 15.8 Å². The highest BCUT2D eigenvalue weighted by atomic mass is 32.2. The second-order valence-electron chi connectivity index (χ2n) is 4.32. The van der Waals surface area contributed by atoms with Gasteiger partial charge in [0.15, 0.2) is 0 Å². The summed E-state index contributed by atoms with van der Waals surface area (Å²) < 4.78 is 5.19. The molecule has 0 unspecified atom stereocenters. The van der Waals surface area contributed by atoms with E-state index in [2.05, 4.69) is 5.32 Å². The first-order valence-electron chi connectivity index (χ1n) is 6.03. The zero-order chi connectivity index (χ0) is 13.0. The maximum Gasteiger partial charge on any atom is 0.255 e. The molecule has 2 rings (SSSR count). The van der Waals surface area contributed by atoms with Crippen LogP contribution in [0.3, 0.4) is 0 Å². The SMILES string of the molecule is COc1ccc(N)cc1C(=O)NC1CCSCC1. The van der Waals surface area contributed by atoms with E-state index in [-0.39, 0.29) is 11.9 Å². The molecule has 5 heteroatoms. The fourth-order valence-corrected chi connectivity index (χ4v) is 3.11. The Labute approximate surface area is 111 Å². The normalized spacial score (nSPS) is 16.3. The molecule has 1 saturated heterocycles. The van der Waals surface area contributed by atoms with Crippen molar-refractivity contribution in [2.45, 2.75) is 18.9 Å². The third-order valence-corrected chi connectivity index (χ3v) is 4.07. The van der Waals surface area contributed by atoms with Crippen LogP contribution in [-0.2, 0) is 0 Å². The first kappa shape index (κ1) is 13.1. The number of carbonyl (C=O) groups is 1. The molecule has 18 heavy (non-hydrogen) atoms. The number of hydrogen-bond donors (Lipinski definition) is 2. The summed E-state index contributed by atoms with van der Waals surface area (Å²) in [5.74, 6) is 2.68. The van der Waals surface area contributed by atoms with E-state index in [1.165, 1.54) is 0 Å². The lowest BCUT2D eigenvalue weighted by molar-refractivity contribution is 0.0932. The Bertz CT molecular complexity index is 431. The highest BCUT2D eigenvalue weighted by Crippen LogP contribution is 2.22. The summed E-state index contributed by atoms with van der Waals surface area (Å²) in [7, 11) is 1.56. The summed E-state index contributed by atoms with van der Waals surface area (Å²) in [5.41, 5.74) is 6.79. The van der Waals surface area contributed by atoms with Crippen molar-refractivity contribution in [3.05, 3.63) is 23.8 Å². The van der Waals surface area contributed by atoms with E-state index in [0.29, 0.717) is 17.0 Å². The minimum Gasteiger partial charge on any atom is -0.496 e. The predicted molar refractivity (Wildman–Crippen MR) is 75.2 cm³/mol. The molecule has 0 saturated carbocycles. The molecular formula is C13H18N2O2S. The number of thioether (sulfide) groups is 1. The van der Waals surface area contributed by atoms with Gasteiger partial charge in [-0.3, -0.25) is 4.79 Å². The summed E-state index contributed by atoms with van der Waals surface area (Å²) in [4.78, 5) is 12.2. The number of benzene rings is 1. The van der Waals surface area contributed by atoms with Crippen molar-refractivity contribution in [3.8, 4) is 5.75 Å². The molecule has 0 spiro atoms. The molecule has 0 bridgehead atoms. The van der Waals surface area contributed by atoms with E-state index in [1.54, 1.807) is 25.3 Å². The van der Waals surface area contributed by atoms with Crippen molar-refractivity contribution in [1.82, 2.24) is 5.32 Å². The number of carbonyl (C=O) groups excluding carboxylic acids is 1. The Morgan fingerprint density at radius 1 is 1.44 bits per heavy atom. The third-order valence-electron chi connectivity index (χ3n) is 3.02. The van der Waals surface area contributed by atoms with Crippen LogP contribution in [0.2, 0.25) is 0 Å². The van der Waals surface area contributed by atoms with E-state index in [1.807, 2.05) is 11.8 Å². The molecule has 1 aliphatic heterocycles. The van der Waals surface area contributed by atoms with Crippen LogP contribution in [0.4, 0.5) is 5.69 Å². The van der Waals surface area contributed by atoms with Gasteiger partial charge in [-0.1, -0.05) is 0 Å². The number of anilines is 1. The van der Waals surface area contributed by atoms with Gasteiger partial charge in [-0.25, -0.2) is 0 Å².